The molecule has 5 nitrogen and oxygen atoms in total. The van der Waals surface area contributed by atoms with Crippen LogP contribution in [0, 0.1) is 0 Å². The van der Waals surface area contributed by atoms with E-state index in [4.69, 9.17) is 0 Å². The van der Waals surface area contributed by atoms with Gasteiger partial charge in [-0.2, -0.15) is 4.31 Å². The maximum Gasteiger partial charge on any atom is 0.216 e. The molecule has 1 atom stereocenters. The molecule has 1 aromatic carbocycles. The van der Waals surface area contributed by atoms with Crippen molar-refractivity contribution in [1.29, 1.82) is 0 Å². The van der Waals surface area contributed by atoms with Crippen molar-refractivity contribution in [3.63, 3.8) is 0 Å². The molecular weight excluding hydrogens is 286 g/mol. The second kappa shape index (κ2) is 5.77. The fraction of sp³-hybridized carbons (Fsp3) is 0.533. The fourth-order valence-electron chi connectivity index (χ4n) is 3.00. The lowest BCUT2D eigenvalue weighted by atomic mass is 10.1. The first-order valence-corrected chi connectivity index (χ1v) is 9.08. The molecule has 21 heavy (non-hydrogen) atoms. The summed E-state index contributed by atoms with van der Waals surface area (Å²) in [6.07, 6.45) is 4.78. The van der Waals surface area contributed by atoms with Crippen molar-refractivity contribution in [1.82, 2.24) is 13.9 Å². The minimum absolute atomic E-state index is 0.128. The van der Waals surface area contributed by atoms with Gasteiger partial charge in [-0.3, -0.25) is 0 Å². The molecule has 2 aromatic rings. The molecule has 0 saturated carbocycles. The molecule has 0 unspecified atom stereocenters. The number of para-hydroxylation sites is 2. The summed E-state index contributed by atoms with van der Waals surface area (Å²) < 4.78 is 28.6. The third-order valence-electron chi connectivity index (χ3n) is 4.22. The maximum atomic E-state index is 12.5. The number of rotatable bonds is 4. The van der Waals surface area contributed by atoms with Gasteiger partial charge in [-0.1, -0.05) is 18.6 Å². The van der Waals surface area contributed by atoms with Gasteiger partial charge in [0.15, 0.2) is 0 Å². The van der Waals surface area contributed by atoms with E-state index in [1.807, 2.05) is 35.8 Å². The van der Waals surface area contributed by atoms with Gasteiger partial charge in [0.1, 0.15) is 0 Å². The molecule has 0 aliphatic carbocycles. The maximum absolute atomic E-state index is 12.5. The lowest BCUT2D eigenvalue weighted by molar-refractivity contribution is 0.268. The van der Waals surface area contributed by atoms with Crippen LogP contribution in [-0.4, -0.2) is 40.6 Å². The predicted octanol–water partition coefficient (Wildman–Crippen LogP) is 2.24. The molecule has 1 fully saturated rings. The number of imidazole rings is 1. The van der Waals surface area contributed by atoms with Crippen LogP contribution < -0.4 is 0 Å². The average Bonchev–Trinajstić information content (AvgIpc) is 2.89. The van der Waals surface area contributed by atoms with Gasteiger partial charge in [0, 0.05) is 19.1 Å². The van der Waals surface area contributed by atoms with Crippen molar-refractivity contribution >= 4 is 21.1 Å². The Morgan fingerprint density at radius 3 is 2.90 bits per heavy atom. The lowest BCUT2D eigenvalue weighted by Crippen LogP contribution is -2.43. The first kappa shape index (κ1) is 14.5. The number of benzene rings is 1. The third kappa shape index (κ3) is 2.96. The summed E-state index contributed by atoms with van der Waals surface area (Å²) in [4.78, 5) is 4.30. The SMILES string of the molecule is C[C@H]1CCCCN1S(=O)(=O)CCn1cnc2ccccc21. The van der Waals surface area contributed by atoms with E-state index in [1.165, 1.54) is 0 Å². The summed E-state index contributed by atoms with van der Waals surface area (Å²) in [6.45, 7) is 3.11. The van der Waals surface area contributed by atoms with Crippen molar-refractivity contribution in [2.75, 3.05) is 12.3 Å². The Morgan fingerprint density at radius 1 is 1.29 bits per heavy atom. The zero-order valence-electron chi connectivity index (χ0n) is 12.3. The van der Waals surface area contributed by atoms with Gasteiger partial charge in [-0.05, 0) is 31.9 Å². The Morgan fingerprint density at radius 2 is 2.10 bits per heavy atom. The topological polar surface area (TPSA) is 55.2 Å². The summed E-state index contributed by atoms with van der Waals surface area (Å²) in [5.41, 5.74) is 1.89. The minimum Gasteiger partial charge on any atom is -0.330 e. The van der Waals surface area contributed by atoms with Crippen LogP contribution in [-0.2, 0) is 16.6 Å². The van der Waals surface area contributed by atoms with E-state index in [1.54, 1.807) is 10.6 Å². The molecule has 1 saturated heterocycles. The van der Waals surface area contributed by atoms with Gasteiger partial charge < -0.3 is 4.57 Å². The van der Waals surface area contributed by atoms with Crippen LogP contribution >= 0.6 is 0 Å². The molecule has 0 spiro atoms. The first-order chi connectivity index (χ1) is 10.1. The first-order valence-electron chi connectivity index (χ1n) is 7.47. The van der Waals surface area contributed by atoms with Crippen molar-refractivity contribution in [3.05, 3.63) is 30.6 Å². The smallest absolute Gasteiger partial charge is 0.216 e. The summed E-state index contributed by atoms with van der Waals surface area (Å²) in [6, 6.07) is 7.92. The molecule has 0 N–H and O–H groups in total. The highest BCUT2D eigenvalue weighted by atomic mass is 32.2. The Balaban J connectivity index is 1.74. The molecule has 0 amide bonds. The van der Waals surface area contributed by atoms with Crippen LogP contribution in [0.3, 0.4) is 0 Å². The number of nitrogens with zero attached hydrogens (tertiary/aromatic N) is 3. The van der Waals surface area contributed by atoms with Gasteiger partial charge >= 0.3 is 0 Å². The molecule has 1 aliphatic heterocycles. The highest BCUT2D eigenvalue weighted by molar-refractivity contribution is 7.89. The Kier molecular flexibility index (Phi) is 3.99. The Bertz CT molecular complexity index is 723. The van der Waals surface area contributed by atoms with E-state index in [-0.39, 0.29) is 11.8 Å². The van der Waals surface area contributed by atoms with Crippen molar-refractivity contribution in [3.8, 4) is 0 Å². The second-order valence-electron chi connectivity index (χ2n) is 5.70. The van der Waals surface area contributed by atoms with Crippen LogP contribution in [0.15, 0.2) is 30.6 Å². The number of fused-ring (bicyclic) bond motifs is 1. The molecule has 0 bridgehead atoms. The van der Waals surface area contributed by atoms with Gasteiger partial charge in [-0.15, -0.1) is 0 Å². The summed E-state index contributed by atoms with van der Waals surface area (Å²) in [7, 11) is -3.19. The second-order valence-corrected chi connectivity index (χ2v) is 7.74. The van der Waals surface area contributed by atoms with E-state index in [0.717, 1.165) is 30.3 Å². The quantitative estimate of drug-likeness (QED) is 0.870. The van der Waals surface area contributed by atoms with Crippen molar-refractivity contribution in [2.24, 2.45) is 0 Å². The average molecular weight is 307 g/mol. The molecule has 1 aliphatic rings. The zero-order valence-corrected chi connectivity index (χ0v) is 13.1. The number of aryl methyl sites for hydroxylation is 1. The molecule has 3 rings (SSSR count). The van der Waals surface area contributed by atoms with Gasteiger partial charge in [0.05, 0.1) is 23.1 Å². The van der Waals surface area contributed by atoms with Crippen molar-refractivity contribution in [2.45, 2.75) is 38.8 Å². The third-order valence-corrected chi connectivity index (χ3v) is 6.17. The molecule has 2 heterocycles. The van der Waals surface area contributed by atoms with E-state index < -0.39 is 10.0 Å². The monoisotopic (exact) mass is 307 g/mol. The number of hydrogen-bond acceptors (Lipinski definition) is 3. The summed E-state index contributed by atoms with van der Waals surface area (Å²) >= 11 is 0. The Labute approximate surface area is 125 Å². The van der Waals surface area contributed by atoms with Crippen LogP contribution in [0.5, 0.6) is 0 Å². The predicted molar refractivity (Wildman–Crippen MR) is 83.5 cm³/mol. The van der Waals surface area contributed by atoms with E-state index >= 15 is 0 Å². The number of hydrogen-bond donors (Lipinski definition) is 0. The standard InChI is InChI=1S/C15H21N3O2S/c1-13-6-4-5-9-18(13)21(19,20)11-10-17-12-16-14-7-2-3-8-15(14)17/h2-3,7-8,12-13H,4-6,9-11H2,1H3/t13-/m0/s1. The van der Waals surface area contributed by atoms with Gasteiger partial charge in [0.25, 0.3) is 0 Å². The molecule has 6 heteroatoms. The van der Waals surface area contributed by atoms with E-state index in [0.29, 0.717) is 13.1 Å². The fourth-order valence-corrected chi connectivity index (χ4v) is 4.73. The highest BCUT2D eigenvalue weighted by Gasteiger charge is 2.29. The molecule has 0 radical (unpaired) electrons. The van der Waals surface area contributed by atoms with E-state index in [9.17, 15) is 8.42 Å². The molecular formula is C15H21N3O2S. The van der Waals surface area contributed by atoms with Crippen LogP contribution in [0.1, 0.15) is 26.2 Å². The van der Waals surface area contributed by atoms with Crippen LogP contribution in [0.2, 0.25) is 0 Å². The minimum atomic E-state index is -3.19. The number of sulfonamides is 1. The Hall–Kier alpha value is -1.40. The summed E-state index contributed by atoms with van der Waals surface area (Å²) in [5, 5.41) is 0. The molecule has 1 aromatic heterocycles. The van der Waals surface area contributed by atoms with Gasteiger partial charge in [-0.25, -0.2) is 13.4 Å². The number of aromatic nitrogens is 2. The van der Waals surface area contributed by atoms with Crippen LogP contribution in [0.4, 0.5) is 0 Å². The molecule has 114 valence electrons. The normalized spacial score (nSPS) is 20.9. The number of piperidine rings is 1. The largest absolute Gasteiger partial charge is 0.330 e. The van der Waals surface area contributed by atoms with E-state index in [2.05, 4.69) is 4.98 Å². The summed E-state index contributed by atoms with van der Waals surface area (Å²) in [5.74, 6) is 0.137. The zero-order chi connectivity index (χ0) is 14.9. The van der Waals surface area contributed by atoms with Gasteiger partial charge in [0.2, 0.25) is 10.0 Å². The van der Waals surface area contributed by atoms with Crippen LogP contribution in [0.25, 0.3) is 11.0 Å². The lowest BCUT2D eigenvalue weighted by Gasteiger charge is -2.32. The highest BCUT2D eigenvalue weighted by Crippen LogP contribution is 2.21. The van der Waals surface area contributed by atoms with Crippen molar-refractivity contribution < 1.29 is 8.42 Å².